The fraction of sp³-hybridized carbons (Fsp3) is 0.433. The minimum Gasteiger partial charge on any atom is -0.496 e. The summed E-state index contributed by atoms with van der Waals surface area (Å²) in [5.41, 5.74) is 4.62. The quantitative estimate of drug-likeness (QED) is 0.481. The summed E-state index contributed by atoms with van der Waals surface area (Å²) in [6, 6.07) is 7.53. The van der Waals surface area contributed by atoms with E-state index >= 15 is 0 Å². The molecule has 3 aliphatic rings. The highest BCUT2D eigenvalue weighted by atomic mass is 32.1. The number of hydrogen-bond donors (Lipinski definition) is 2. The minimum atomic E-state index is -0.595. The Kier molecular flexibility index (Phi) is 6.94. The number of anilines is 1. The van der Waals surface area contributed by atoms with Crippen LogP contribution >= 0.6 is 11.3 Å². The summed E-state index contributed by atoms with van der Waals surface area (Å²) in [4.78, 5) is 41.7. The Hall–Kier alpha value is -3.39. The van der Waals surface area contributed by atoms with Gasteiger partial charge in [-0.3, -0.25) is 9.59 Å². The van der Waals surface area contributed by atoms with Gasteiger partial charge in [0.15, 0.2) is 5.78 Å². The number of allylic oxidation sites excluding steroid dienone is 3. The van der Waals surface area contributed by atoms with Crippen molar-refractivity contribution >= 4 is 34.0 Å². The molecule has 1 atom stereocenters. The van der Waals surface area contributed by atoms with Gasteiger partial charge in [-0.25, -0.2) is 4.79 Å². The van der Waals surface area contributed by atoms with Gasteiger partial charge in [0.1, 0.15) is 10.8 Å². The molecular formula is C30H34N2O5S. The van der Waals surface area contributed by atoms with Gasteiger partial charge in [-0.1, -0.05) is 32.0 Å². The van der Waals surface area contributed by atoms with E-state index in [1.807, 2.05) is 31.2 Å². The maximum Gasteiger partial charge on any atom is 0.341 e. The number of dihydropyridines is 1. The summed E-state index contributed by atoms with van der Waals surface area (Å²) in [5.74, 6) is -0.743. The second-order valence-corrected chi connectivity index (χ2v) is 12.1. The Labute approximate surface area is 227 Å². The van der Waals surface area contributed by atoms with Crippen molar-refractivity contribution in [3.63, 3.8) is 0 Å². The molecule has 0 bridgehead atoms. The number of carbonyl (C=O) groups excluding carboxylic acids is 3. The number of benzene rings is 1. The third-order valence-corrected chi connectivity index (χ3v) is 8.93. The standard InChI is InChI=1S/C30H34N2O5S/c1-16-23(27(34)32-28-25(29(35)37-5)18-11-7-9-13-22(18)38-28)24(17-10-6-8-12-21(17)36-4)26-19(31-16)14-30(2,3)15-20(26)33/h6,8,10,12,24,31H,7,9,11,13-15H2,1-5H3,(H,32,34)/t24-/m0/s1. The number of nitrogens with one attached hydrogen (secondary N) is 2. The molecular weight excluding hydrogens is 500 g/mol. The number of Topliss-reactive ketones (excluding diaryl/α,β-unsaturated/α-hetero) is 1. The lowest BCUT2D eigenvalue weighted by molar-refractivity contribution is -0.118. The van der Waals surface area contributed by atoms with Gasteiger partial charge in [-0.05, 0) is 56.1 Å². The average Bonchev–Trinajstić information content (AvgIpc) is 3.24. The summed E-state index contributed by atoms with van der Waals surface area (Å²) in [6.45, 7) is 6.04. The van der Waals surface area contributed by atoms with Crippen molar-refractivity contribution < 1.29 is 23.9 Å². The van der Waals surface area contributed by atoms with Gasteiger partial charge in [0.05, 0.1) is 25.7 Å². The van der Waals surface area contributed by atoms with Crippen LogP contribution in [0.25, 0.3) is 0 Å². The molecule has 0 spiro atoms. The normalized spacial score (nSPS) is 20.3. The van der Waals surface area contributed by atoms with Crippen LogP contribution in [-0.2, 0) is 27.2 Å². The van der Waals surface area contributed by atoms with Crippen LogP contribution in [-0.4, -0.2) is 31.9 Å². The van der Waals surface area contributed by atoms with Crippen molar-refractivity contribution in [2.75, 3.05) is 19.5 Å². The lowest BCUT2D eigenvalue weighted by atomic mass is 9.68. The van der Waals surface area contributed by atoms with E-state index < -0.39 is 11.9 Å². The van der Waals surface area contributed by atoms with Crippen LogP contribution in [0, 0.1) is 5.41 Å². The summed E-state index contributed by atoms with van der Waals surface area (Å²) < 4.78 is 10.8. The number of carbonyl (C=O) groups is 3. The first-order valence-electron chi connectivity index (χ1n) is 13.1. The number of thiophene rings is 1. The van der Waals surface area contributed by atoms with Gasteiger partial charge in [-0.15, -0.1) is 11.3 Å². The number of para-hydroxylation sites is 1. The summed E-state index contributed by atoms with van der Waals surface area (Å²) in [7, 11) is 2.95. The number of amides is 1. The van der Waals surface area contributed by atoms with Crippen LogP contribution in [0.3, 0.4) is 0 Å². The van der Waals surface area contributed by atoms with E-state index in [0.29, 0.717) is 46.0 Å². The molecule has 0 unspecified atom stereocenters. The molecule has 2 aromatic rings. The van der Waals surface area contributed by atoms with Crippen LogP contribution in [0.4, 0.5) is 5.00 Å². The molecule has 1 amide bonds. The van der Waals surface area contributed by atoms with E-state index in [2.05, 4.69) is 24.5 Å². The largest absolute Gasteiger partial charge is 0.496 e. The first-order chi connectivity index (χ1) is 18.1. The van der Waals surface area contributed by atoms with E-state index in [-0.39, 0.29) is 17.1 Å². The molecule has 0 saturated heterocycles. The first kappa shape index (κ1) is 26.2. The van der Waals surface area contributed by atoms with Crippen LogP contribution in [0.15, 0.2) is 46.8 Å². The van der Waals surface area contributed by atoms with E-state index in [1.165, 1.54) is 18.4 Å². The lowest BCUT2D eigenvalue weighted by Gasteiger charge is -2.39. The molecule has 1 aromatic heterocycles. The summed E-state index contributed by atoms with van der Waals surface area (Å²) in [6.07, 6.45) is 4.84. The van der Waals surface area contributed by atoms with Gasteiger partial charge >= 0.3 is 5.97 Å². The summed E-state index contributed by atoms with van der Waals surface area (Å²) in [5, 5.41) is 6.96. The van der Waals surface area contributed by atoms with Gasteiger partial charge in [0, 0.05) is 39.4 Å². The molecule has 0 fully saturated rings. The Morgan fingerprint density at radius 3 is 2.58 bits per heavy atom. The third kappa shape index (κ3) is 4.55. The van der Waals surface area contributed by atoms with Crippen LogP contribution < -0.4 is 15.4 Å². The zero-order chi connectivity index (χ0) is 27.2. The van der Waals surface area contributed by atoms with Crippen molar-refractivity contribution in [2.45, 2.75) is 65.2 Å². The fourth-order valence-electron chi connectivity index (χ4n) is 6.10. The predicted octanol–water partition coefficient (Wildman–Crippen LogP) is 5.66. The van der Waals surface area contributed by atoms with E-state index in [9.17, 15) is 14.4 Å². The molecule has 0 saturated carbocycles. The van der Waals surface area contributed by atoms with Crippen molar-refractivity contribution in [1.29, 1.82) is 0 Å². The van der Waals surface area contributed by atoms with Gasteiger partial charge in [-0.2, -0.15) is 0 Å². The number of esters is 1. The van der Waals surface area contributed by atoms with E-state index in [4.69, 9.17) is 9.47 Å². The highest BCUT2D eigenvalue weighted by Gasteiger charge is 2.44. The van der Waals surface area contributed by atoms with Crippen molar-refractivity contribution in [3.05, 3.63) is 68.4 Å². The summed E-state index contributed by atoms with van der Waals surface area (Å²) >= 11 is 1.45. The average molecular weight is 535 g/mol. The molecule has 2 heterocycles. The number of aryl methyl sites for hydroxylation is 1. The number of ketones is 1. The van der Waals surface area contributed by atoms with Gasteiger partial charge < -0.3 is 20.1 Å². The molecule has 38 heavy (non-hydrogen) atoms. The molecule has 5 rings (SSSR count). The van der Waals surface area contributed by atoms with Crippen LogP contribution in [0.5, 0.6) is 5.75 Å². The molecule has 7 nitrogen and oxygen atoms in total. The zero-order valence-electron chi connectivity index (χ0n) is 22.6. The highest BCUT2D eigenvalue weighted by molar-refractivity contribution is 7.17. The molecule has 2 aliphatic carbocycles. The highest BCUT2D eigenvalue weighted by Crippen LogP contribution is 2.49. The molecule has 1 aromatic carbocycles. The lowest BCUT2D eigenvalue weighted by Crippen LogP contribution is -2.39. The number of rotatable bonds is 5. The molecule has 0 radical (unpaired) electrons. The Balaban J connectivity index is 1.61. The van der Waals surface area contributed by atoms with E-state index in [1.54, 1.807) is 7.11 Å². The first-order valence-corrected chi connectivity index (χ1v) is 13.9. The SMILES string of the molecule is COC(=O)c1c(NC(=O)C2=C(C)NC3=C(C(=O)CC(C)(C)C3)[C@H]2c2ccccc2OC)sc2c1CCCC2. The maximum absolute atomic E-state index is 14.1. The molecule has 2 N–H and O–H groups in total. The van der Waals surface area contributed by atoms with E-state index in [0.717, 1.165) is 47.4 Å². The van der Waals surface area contributed by atoms with Crippen LogP contribution in [0.2, 0.25) is 0 Å². The zero-order valence-corrected chi connectivity index (χ0v) is 23.4. The Bertz CT molecular complexity index is 1400. The number of fused-ring (bicyclic) bond motifs is 1. The second kappa shape index (κ2) is 10.1. The van der Waals surface area contributed by atoms with Gasteiger partial charge in [0.25, 0.3) is 5.91 Å². The van der Waals surface area contributed by atoms with Crippen molar-refractivity contribution in [2.24, 2.45) is 5.41 Å². The molecule has 8 heteroatoms. The topological polar surface area (TPSA) is 93.7 Å². The maximum atomic E-state index is 14.1. The second-order valence-electron chi connectivity index (χ2n) is 11.0. The Morgan fingerprint density at radius 1 is 1.11 bits per heavy atom. The molecule has 1 aliphatic heterocycles. The van der Waals surface area contributed by atoms with Crippen LogP contribution in [0.1, 0.15) is 78.7 Å². The number of hydrogen-bond acceptors (Lipinski definition) is 7. The monoisotopic (exact) mass is 534 g/mol. The fourth-order valence-corrected chi connectivity index (χ4v) is 7.37. The number of ether oxygens (including phenoxy) is 2. The molecule has 200 valence electrons. The predicted molar refractivity (Wildman–Crippen MR) is 148 cm³/mol. The number of methoxy groups -OCH3 is 2. The Morgan fingerprint density at radius 2 is 1.84 bits per heavy atom. The van der Waals surface area contributed by atoms with Gasteiger partial charge in [0.2, 0.25) is 0 Å². The third-order valence-electron chi connectivity index (χ3n) is 7.72. The smallest absolute Gasteiger partial charge is 0.341 e. The minimum absolute atomic E-state index is 0.0271. The van der Waals surface area contributed by atoms with Crippen molar-refractivity contribution in [1.82, 2.24) is 5.32 Å². The van der Waals surface area contributed by atoms with Crippen molar-refractivity contribution in [3.8, 4) is 5.75 Å².